The van der Waals surface area contributed by atoms with Crippen molar-refractivity contribution in [1.29, 1.82) is 0 Å². The number of likely N-dealkylation sites (tertiary alicyclic amines) is 1. The zero-order valence-corrected chi connectivity index (χ0v) is 16.8. The zero-order chi connectivity index (χ0) is 22.2. The van der Waals surface area contributed by atoms with E-state index in [1.807, 2.05) is 0 Å². The average molecular weight is 441 g/mol. The molecule has 2 aromatic rings. The second-order valence-corrected chi connectivity index (χ2v) is 7.93. The Morgan fingerprint density at radius 2 is 1.97 bits per heavy atom. The van der Waals surface area contributed by atoms with Crippen LogP contribution >= 0.6 is 0 Å². The number of fused-ring (bicyclic) bond motifs is 1. The summed E-state index contributed by atoms with van der Waals surface area (Å²) < 4.78 is 60.6. The average Bonchev–Trinajstić information content (AvgIpc) is 3.22. The second kappa shape index (κ2) is 8.35. The lowest BCUT2D eigenvalue weighted by Crippen LogP contribution is -2.49. The quantitative estimate of drug-likeness (QED) is 0.737. The summed E-state index contributed by atoms with van der Waals surface area (Å²) in [6.07, 6.45) is -3.20. The van der Waals surface area contributed by atoms with Crippen molar-refractivity contribution < 1.29 is 27.1 Å². The van der Waals surface area contributed by atoms with Gasteiger partial charge < -0.3 is 15.0 Å². The molecule has 7 nitrogen and oxygen atoms in total. The molecule has 1 aromatic carbocycles. The standard InChI is InChI=1S/C20H23F4N5O2/c1-12(31-16-5-3-2-4-14(16)21)18(30)28-8-6-13(7-9-28)15-10-17(20(22,23)24)29-19(27-15)25-11-26-29/h2-5,11-13,15,17H,6-10H2,1H3,(H,25,26,27)/t12-,15-,17+/m0/s1. The number of benzene rings is 1. The molecule has 168 valence electrons. The highest BCUT2D eigenvalue weighted by Gasteiger charge is 2.48. The van der Waals surface area contributed by atoms with Crippen LogP contribution in [0, 0.1) is 11.7 Å². The number of nitrogens with one attached hydrogen (secondary N) is 1. The third-order valence-corrected chi connectivity index (χ3v) is 5.95. The summed E-state index contributed by atoms with van der Waals surface area (Å²) in [6.45, 7) is 2.36. The van der Waals surface area contributed by atoms with Gasteiger partial charge in [-0.15, -0.1) is 0 Å². The van der Waals surface area contributed by atoms with Crippen molar-refractivity contribution >= 4 is 11.9 Å². The first-order valence-corrected chi connectivity index (χ1v) is 10.2. The van der Waals surface area contributed by atoms with Crippen molar-refractivity contribution in [3.8, 4) is 5.75 Å². The molecule has 1 fully saturated rings. The Balaban J connectivity index is 1.35. The van der Waals surface area contributed by atoms with Crippen molar-refractivity contribution in [2.45, 2.75) is 50.6 Å². The van der Waals surface area contributed by atoms with Gasteiger partial charge in [0.05, 0.1) is 0 Å². The highest BCUT2D eigenvalue weighted by Crippen LogP contribution is 2.41. The van der Waals surface area contributed by atoms with Gasteiger partial charge in [-0.05, 0) is 44.2 Å². The van der Waals surface area contributed by atoms with Crippen LogP contribution in [0.5, 0.6) is 5.75 Å². The Bertz CT molecular complexity index is 926. The van der Waals surface area contributed by atoms with Crippen molar-refractivity contribution in [3.63, 3.8) is 0 Å². The predicted octanol–water partition coefficient (Wildman–Crippen LogP) is 3.41. The van der Waals surface area contributed by atoms with E-state index >= 15 is 0 Å². The number of nitrogens with zero attached hydrogens (tertiary/aromatic N) is 4. The number of anilines is 1. The summed E-state index contributed by atoms with van der Waals surface area (Å²) in [7, 11) is 0. The molecule has 0 saturated carbocycles. The molecule has 3 heterocycles. The molecule has 4 rings (SSSR count). The van der Waals surface area contributed by atoms with E-state index in [4.69, 9.17) is 4.74 Å². The maximum Gasteiger partial charge on any atom is 0.411 e. The van der Waals surface area contributed by atoms with Crippen LogP contribution in [0.15, 0.2) is 30.6 Å². The van der Waals surface area contributed by atoms with Crippen LogP contribution in [-0.2, 0) is 4.79 Å². The Morgan fingerprint density at radius 1 is 1.26 bits per heavy atom. The molecule has 2 aliphatic rings. The maximum absolute atomic E-state index is 13.8. The van der Waals surface area contributed by atoms with Gasteiger partial charge in [-0.2, -0.15) is 23.3 Å². The number of piperidine rings is 1. The summed E-state index contributed by atoms with van der Waals surface area (Å²) >= 11 is 0. The first-order chi connectivity index (χ1) is 14.7. The highest BCUT2D eigenvalue weighted by molar-refractivity contribution is 5.81. The van der Waals surface area contributed by atoms with Gasteiger partial charge in [0.25, 0.3) is 5.91 Å². The van der Waals surface area contributed by atoms with E-state index in [1.54, 1.807) is 17.9 Å². The van der Waals surface area contributed by atoms with Gasteiger partial charge in [-0.25, -0.2) is 9.07 Å². The maximum atomic E-state index is 13.8. The molecule has 1 saturated heterocycles. The third-order valence-electron chi connectivity index (χ3n) is 5.95. The number of halogens is 4. The molecule has 0 bridgehead atoms. The molecule has 1 aromatic heterocycles. The number of carbonyl (C=O) groups excluding carboxylic acids is 1. The van der Waals surface area contributed by atoms with Crippen molar-refractivity contribution in [2.24, 2.45) is 5.92 Å². The number of para-hydroxylation sites is 1. The topological polar surface area (TPSA) is 72.3 Å². The Kier molecular flexibility index (Phi) is 5.76. The van der Waals surface area contributed by atoms with Crippen molar-refractivity contribution in [2.75, 3.05) is 18.4 Å². The first kappa shape index (κ1) is 21.4. The van der Waals surface area contributed by atoms with E-state index in [9.17, 15) is 22.4 Å². The van der Waals surface area contributed by atoms with E-state index in [2.05, 4.69) is 15.4 Å². The summed E-state index contributed by atoms with van der Waals surface area (Å²) in [4.78, 5) is 18.2. The van der Waals surface area contributed by atoms with Crippen LogP contribution in [0.4, 0.5) is 23.5 Å². The number of amides is 1. The van der Waals surface area contributed by atoms with Gasteiger partial charge in [0.2, 0.25) is 5.95 Å². The number of hydrogen-bond acceptors (Lipinski definition) is 5. The molecule has 2 aliphatic heterocycles. The molecule has 0 aliphatic carbocycles. The first-order valence-electron chi connectivity index (χ1n) is 10.2. The van der Waals surface area contributed by atoms with Crippen LogP contribution < -0.4 is 10.1 Å². The summed E-state index contributed by atoms with van der Waals surface area (Å²) in [5, 5.41) is 6.78. The Hall–Kier alpha value is -2.85. The number of aromatic nitrogens is 3. The minimum Gasteiger partial charge on any atom is -0.478 e. The van der Waals surface area contributed by atoms with E-state index in [0.717, 1.165) is 11.0 Å². The molecule has 1 amide bonds. The van der Waals surface area contributed by atoms with E-state index < -0.39 is 30.2 Å². The molecule has 11 heteroatoms. The van der Waals surface area contributed by atoms with E-state index in [1.165, 1.54) is 18.2 Å². The summed E-state index contributed by atoms with van der Waals surface area (Å²) in [5.41, 5.74) is 0. The summed E-state index contributed by atoms with van der Waals surface area (Å²) in [6, 6.07) is 3.73. The van der Waals surface area contributed by atoms with E-state index in [-0.39, 0.29) is 29.9 Å². The summed E-state index contributed by atoms with van der Waals surface area (Å²) in [5.74, 6) is -0.736. The number of rotatable bonds is 4. The van der Waals surface area contributed by atoms with Crippen LogP contribution in [0.3, 0.4) is 0 Å². The minimum absolute atomic E-state index is 0.00643. The Morgan fingerprint density at radius 3 is 2.65 bits per heavy atom. The number of ether oxygens (including phenoxy) is 1. The lowest BCUT2D eigenvalue weighted by Gasteiger charge is -2.40. The van der Waals surface area contributed by atoms with Crippen LogP contribution in [0.1, 0.15) is 32.2 Å². The van der Waals surface area contributed by atoms with E-state index in [0.29, 0.717) is 25.9 Å². The fourth-order valence-electron chi connectivity index (χ4n) is 4.29. The molecule has 0 spiro atoms. The molecule has 3 atom stereocenters. The predicted molar refractivity (Wildman–Crippen MR) is 103 cm³/mol. The Labute approximate surface area is 176 Å². The van der Waals surface area contributed by atoms with Crippen LogP contribution in [0.2, 0.25) is 0 Å². The normalized spacial score (nSPS) is 23.1. The highest BCUT2D eigenvalue weighted by atomic mass is 19.4. The monoisotopic (exact) mass is 441 g/mol. The molecule has 1 N–H and O–H groups in total. The van der Waals surface area contributed by atoms with Gasteiger partial charge in [-0.1, -0.05) is 12.1 Å². The largest absolute Gasteiger partial charge is 0.478 e. The number of alkyl halides is 3. The van der Waals surface area contributed by atoms with Gasteiger partial charge in [0, 0.05) is 19.1 Å². The fourth-order valence-corrected chi connectivity index (χ4v) is 4.29. The van der Waals surface area contributed by atoms with Gasteiger partial charge in [0.1, 0.15) is 6.33 Å². The number of carbonyl (C=O) groups is 1. The second-order valence-electron chi connectivity index (χ2n) is 7.93. The smallest absolute Gasteiger partial charge is 0.411 e. The van der Waals surface area contributed by atoms with Crippen LogP contribution in [0.25, 0.3) is 0 Å². The van der Waals surface area contributed by atoms with Crippen LogP contribution in [-0.4, -0.2) is 57.0 Å². The third kappa shape index (κ3) is 4.45. The fraction of sp³-hybridized carbons (Fsp3) is 0.550. The SMILES string of the molecule is C[C@H](Oc1ccccc1F)C(=O)N1CCC([C@@H]2C[C@H](C(F)(F)F)n3ncnc3N2)CC1. The lowest BCUT2D eigenvalue weighted by molar-refractivity contribution is -0.174. The lowest BCUT2D eigenvalue weighted by atomic mass is 9.85. The molecular formula is C20H23F4N5O2. The van der Waals surface area contributed by atoms with Crippen molar-refractivity contribution in [3.05, 3.63) is 36.4 Å². The molecule has 31 heavy (non-hydrogen) atoms. The molecular weight excluding hydrogens is 418 g/mol. The zero-order valence-electron chi connectivity index (χ0n) is 16.8. The number of hydrogen-bond donors (Lipinski definition) is 1. The molecule has 0 radical (unpaired) electrons. The van der Waals surface area contributed by atoms with Gasteiger partial charge in [-0.3, -0.25) is 4.79 Å². The van der Waals surface area contributed by atoms with Gasteiger partial charge >= 0.3 is 6.18 Å². The van der Waals surface area contributed by atoms with Crippen molar-refractivity contribution in [1.82, 2.24) is 19.7 Å². The van der Waals surface area contributed by atoms with Gasteiger partial charge in [0.15, 0.2) is 23.7 Å². The molecule has 0 unspecified atom stereocenters. The minimum atomic E-state index is -4.42.